The molecule has 0 spiro atoms. The monoisotopic (exact) mass is 195 g/mol. The molecule has 0 aliphatic carbocycles. The summed E-state index contributed by atoms with van der Waals surface area (Å²) in [4.78, 5) is 19.5. The molecule has 0 saturated carbocycles. The molecule has 76 valence electrons. The number of aromatic nitrogens is 2. The first kappa shape index (κ1) is 9.05. The molecule has 2 rings (SSSR count). The zero-order chi connectivity index (χ0) is 10.1. The number of carbonyl (C=O) groups is 1. The highest BCUT2D eigenvalue weighted by molar-refractivity contribution is 5.66. The van der Waals surface area contributed by atoms with E-state index in [2.05, 4.69) is 9.97 Å². The zero-order valence-corrected chi connectivity index (χ0v) is 7.97. The van der Waals surface area contributed by atoms with Crippen molar-refractivity contribution in [3.8, 4) is 0 Å². The van der Waals surface area contributed by atoms with Gasteiger partial charge in [0.15, 0.2) is 0 Å². The minimum atomic E-state index is -0.864. The quantitative estimate of drug-likeness (QED) is 0.715. The smallest absolute Gasteiger partial charge is 0.408 e. The van der Waals surface area contributed by atoms with E-state index in [9.17, 15) is 4.79 Å². The van der Waals surface area contributed by atoms with Gasteiger partial charge in [0.1, 0.15) is 5.82 Å². The van der Waals surface area contributed by atoms with Crippen LogP contribution in [0.15, 0.2) is 12.4 Å². The van der Waals surface area contributed by atoms with Gasteiger partial charge in [-0.1, -0.05) is 0 Å². The lowest BCUT2D eigenvalue weighted by molar-refractivity contribution is 0.123. The lowest BCUT2D eigenvalue weighted by Crippen LogP contribution is -2.34. The fourth-order valence-electron chi connectivity index (χ4n) is 2.03. The number of carboxylic acid groups (broad SMARTS) is 1. The second kappa shape index (κ2) is 3.32. The van der Waals surface area contributed by atoms with Crippen molar-refractivity contribution in [2.75, 3.05) is 0 Å². The minimum absolute atomic E-state index is 0.0857. The van der Waals surface area contributed by atoms with Gasteiger partial charge >= 0.3 is 6.09 Å². The summed E-state index contributed by atoms with van der Waals surface area (Å²) in [5.74, 6) is 0.747. The van der Waals surface area contributed by atoms with Crippen molar-refractivity contribution in [3.63, 3.8) is 0 Å². The van der Waals surface area contributed by atoms with Crippen LogP contribution >= 0.6 is 0 Å². The summed E-state index contributed by atoms with van der Waals surface area (Å²) < 4.78 is 0. The average Bonchev–Trinajstić information content (AvgIpc) is 2.70. The Morgan fingerprint density at radius 1 is 1.71 bits per heavy atom. The van der Waals surface area contributed by atoms with Gasteiger partial charge in [0, 0.05) is 18.4 Å². The summed E-state index contributed by atoms with van der Waals surface area (Å²) in [5, 5.41) is 9.04. The number of rotatable bonds is 1. The number of aromatic amines is 1. The topological polar surface area (TPSA) is 69.2 Å². The van der Waals surface area contributed by atoms with Gasteiger partial charge in [0.25, 0.3) is 0 Å². The summed E-state index contributed by atoms with van der Waals surface area (Å²) >= 11 is 0. The van der Waals surface area contributed by atoms with E-state index in [0.29, 0.717) is 0 Å². The maximum atomic E-state index is 11.0. The van der Waals surface area contributed by atoms with Crippen molar-refractivity contribution in [3.05, 3.63) is 18.2 Å². The number of hydrogen-bond acceptors (Lipinski definition) is 2. The molecule has 1 saturated heterocycles. The van der Waals surface area contributed by atoms with Crippen LogP contribution < -0.4 is 0 Å². The summed E-state index contributed by atoms with van der Waals surface area (Å²) in [6.45, 7) is 1.93. The Bertz CT molecular complexity index is 323. The summed E-state index contributed by atoms with van der Waals surface area (Å²) in [6, 6.07) is -0.0138. The molecule has 1 aliphatic heterocycles. The molecule has 2 unspecified atom stereocenters. The second-order valence-corrected chi connectivity index (χ2v) is 3.61. The highest BCUT2D eigenvalue weighted by Crippen LogP contribution is 2.33. The molecular weight excluding hydrogens is 182 g/mol. The van der Waals surface area contributed by atoms with E-state index in [-0.39, 0.29) is 12.1 Å². The molecular formula is C9H13N3O2. The summed E-state index contributed by atoms with van der Waals surface area (Å²) in [7, 11) is 0. The van der Waals surface area contributed by atoms with Crippen molar-refractivity contribution in [1.29, 1.82) is 0 Å². The molecule has 0 aromatic carbocycles. The van der Waals surface area contributed by atoms with Gasteiger partial charge < -0.3 is 10.1 Å². The van der Waals surface area contributed by atoms with Crippen molar-refractivity contribution >= 4 is 6.09 Å². The van der Waals surface area contributed by atoms with E-state index in [0.717, 1.165) is 18.7 Å². The third-order valence-corrected chi connectivity index (χ3v) is 2.72. The van der Waals surface area contributed by atoms with E-state index in [1.165, 1.54) is 4.90 Å². The minimum Gasteiger partial charge on any atom is -0.465 e. The number of H-pyrrole nitrogens is 1. The fourth-order valence-corrected chi connectivity index (χ4v) is 2.03. The molecule has 1 amide bonds. The fraction of sp³-hybridized carbons (Fsp3) is 0.556. The first-order valence-corrected chi connectivity index (χ1v) is 4.70. The lowest BCUT2D eigenvalue weighted by atomic mass is 10.2. The van der Waals surface area contributed by atoms with Crippen LogP contribution in [-0.4, -0.2) is 32.1 Å². The number of imidazole rings is 1. The van der Waals surface area contributed by atoms with Gasteiger partial charge in [0.2, 0.25) is 0 Å². The van der Waals surface area contributed by atoms with E-state index >= 15 is 0 Å². The average molecular weight is 195 g/mol. The number of hydrogen-bond donors (Lipinski definition) is 2. The third-order valence-electron chi connectivity index (χ3n) is 2.72. The highest BCUT2D eigenvalue weighted by Gasteiger charge is 2.36. The molecule has 14 heavy (non-hydrogen) atoms. The number of nitrogens with zero attached hydrogens (tertiary/aromatic N) is 2. The van der Waals surface area contributed by atoms with Crippen LogP contribution in [0.5, 0.6) is 0 Å². The maximum absolute atomic E-state index is 11.0. The number of amides is 1. The SMILES string of the molecule is CC1CCC(c2ncc[nH]2)N1C(=O)O. The van der Waals surface area contributed by atoms with Crippen LogP contribution in [0.4, 0.5) is 4.79 Å². The normalized spacial score (nSPS) is 26.8. The van der Waals surface area contributed by atoms with Gasteiger partial charge in [-0.15, -0.1) is 0 Å². The molecule has 2 atom stereocenters. The first-order chi connectivity index (χ1) is 6.70. The van der Waals surface area contributed by atoms with Crippen LogP contribution in [0.25, 0.3) is 0 Å². The number of likely N-dealkylation sites (tertiary alicyclic amines) is 1. The third kappa shape index (κ3) is 1.34. The Labute approximate surface area is 81.8 Å². The van der Waals surface area contributed by atoms with E-state index in [1.807, 2.05) is 6.92 Å². The zero-order valence-electron chi connectivity index (χ0n) is 7.97. The summed E-state index contributed by atoms with van der Waals surface area (Å²) in [5.41, 5.74) is 0. The van der Waals surface area contributed by atoms with Crippen LogP contribution in [0.1, 0.15) is 31.6 Å². The van der Waals surface area contributed by atoms with Gasteiger partial charge in [-0.25, -0.2) is 9.78 Å². The molecule has 1 aromatic rings. The Kier molecular flexibility index (Phi) is 2.15. The Hall–Kier alpha value is -1.52. The Morgan fingerprint density at radius 2 is 2.50 bits per heavy atom. The lowest BCUT2D eigenvalue weighted by Gasteiger charge is -2.23. The molecule has 0 radical (unpaired) electrons. The van der Waals surface area contributed by atoms with E-state index in [1.54, 1.807) is 12.4 Å². The van der Waals surface area contributed by atoms with E-state index < -0.39 is 6.09 Å². The highest BCUT2D eigenvalue weighted by atomic mass is 16.4. The van der Waals surface area contributed by atoms with Crippen LogP contribution in [0, 0.1) is 0 Å². The van der Waals surface area contributed by atoms with Gasteiger partial charge in [-0.05, 0) is 19.8 Å². The standard InChI is InChI=1S/C9H13N3O2/c1-6-2-3-7(12(6)9(13)14)8-10-4-5-11-8/h4-7H,2-3H2,1H3,(H,10,11)(H,13,14). The number of nitrogens with one attached hydrogen (secondary N) is 1. The van der Waals surface area contributed by atoms with Crippen molar-refractivity contribution < 1.29 is 9.90 Å². The molecule has 1 fully saturated rings. The molecule has 2 heterocycles. The largest absolute Gasteiger partial charge is 0.465 e. The molecule has 1 aromatic heterocycles. The van der Waals surface area contributed by atoms with Crippen LogP contribution in [-0.2, 0) is 0 Å². The van der Waals surface area contributed by atoms with Crippen molar-refractivity contribution in [2.45, 2.75) is 31.8 Å². The summed E-state index contributed by atoms with van der Waals surface area (Å²) in [6.07, 6.45) is 4.26. The predicted molar refractivity (Wildman–Crippen MR) is 49.9 cm³/mol. The molecule has 5 nitrogen and oxygen atoms in total. The molecule has 0 bridgehead atoms. The Morgan fingerprint density at radius 3 is 3.07 bits per heavy atom. The predicted octanol–water partition coefficient (Wildman–Crippen LogP) is 1.61. The van der Waals surface area contributed by atoms with Crippen LogP contribution in [0.3, 0.4) is 0 Å². The molecule has 2 N–H and O–H groups in total. The van der Waals surface area contributed by atoms with Crippen molar-refractivity contribution in [2.24, 2.45) is 0 Å². The molecule has 5 heteroatoms. The van der Waals surface area contributed by atoms with E-state index in [4.69, 9.17) is 5.11 Å². The Balaban J connectivity index is 2.24. The second-order valence-electron chi connectivity index (χ2n) is 3.61. The van der Waals surface area contributed by atoms with Crippen LogP contribution in [0.2, 0.25) is 0 Å². The molecule has 1 aliphatic rings. The van der Waals surface area contributed by atoms with Crippen molar-refractivity contribution in [1.82, 2.24) is 14.9 Å². The van der Waals surface area contributed by atoms with Gasteiger partial charge in [-0.2, -0.15) is 0 Å². The van der Waals surface area contributed by atoms with Gasteiger partial charge in [0.05, 0.1) is 6.04 Å². The van der Waals surface area contributed by atoms with Gasteiger partial charge in [-0.3, -0.25) is 4.90 Å². The maximum Gasteiger partial charge on any atom is 0.408 e. The first-order valence-electron chi connectivity index (χ1n) is 4.70.